The number of carboxylic acids is 1. The van der Waals surface area contributed by atoms with E-state index < -0.39 is 5.97 Å². The van der Waals surface area contributed by atoms with E-state index in [0.717, 1.165) is 44.0 Å². The third-order valence-corrected chi connectivity index (χ3v) is 6.20. The van der Waals surface area contributed by atoms with E-state index in [-0.39, 0.29) is 5.56 Å². The van der Waals surface area contributed by atoms with Crippen LogP contribution in [-0.2, 0) is 13.0 Å². The molecule has 2 aliphatic rings. The molecule has 30 heavy (non-hydrogen) atoms. The number of aromatic carboxylic acids is 1. The molecule has 2 N–H and O–H groups in total. The van der Waals surface area contributed by atoms with Gasteiger partial charge in [0.25, 0.3) is 0 Å². The predicted molar refractivity (Wildman–Crippen MR) is 116 cm³/mol. The highest BCUT2D eigenvalue weighted by Crippen LogP contribution is 2.38. The average Bonchev–Trinajstić information content (AvgIpc) is 3.38. The molecule has 5 rings (SSSR count). The average molecular weight is 402 g/mol. The zero-order chi connectivity index (χ0) is 20.5. The zero-order valence-electron chi connectivity index (χ0n) is 16.9. The summed E-state index contributed by atoms with van der Waals surface area (Å²) in [5, 5.41) is 17.7. The number of nitrogens with one attached hydrogen (secondary N) is 1. The predicted octanol–water partition coefficient (Wildman–Crippen LogP) is 4.27. The highest BCUT2D eigenvalue weighted by atomic mass is 16.4. The summed E-state index contributed by atoms with van der Waals surface area (Å²) in [5.74, 6) is 0.142. The van der Waals surface area contributed by atoms with Crippen LogP contribution in [-0.4, -0.2) is 38.8 Å². The Morgan fingerprint density at radius 2 is 1.90 bits per heavy atom. The fraction of sp³-hybridized carbons (Fsp3) is 0.333. The molecule has 2 aliphatic heterocycles. The van der Waals surface area contributed by atoms with E-state index >= 15 is 0 Å². The van der Waals surface area contributed by atoms with Crippen molar-refractivity contribution in [2.75, 3.05) is 18.4 Å². The molecule has 1 unspecified atom stereocenters. The van der Waals surface area contributed by atoms with Gasteiger partial charge in [0.2, 0.25) is 0 Å². The van der Waals surface area contributed by atoms with Gasteiger partial charge in [0.1, 0.15) is 5.82 Å². The van der Waals surface area contributed by atoms with Crippen molar-refractivity contribution in [1.82, 2.24) is 14.7 Å². The number of hydrogen-bond acceptors (Lipinski definition) is 4. The van der Waals surface area contributed by atoms with Crippen molar-refractivity contribution in [2.24, 2.45) is 0 Å². The molecule has 0 aliphatic carbocycles. The molecular formula is C24H26N4O2. The highest BCUT2D eigenvalue weighted by Gasteiger charge is 2.32. The number of nitrogens with zero attached hydrogens (tertiary/aromatic N) is 3. The molecule has 0 saturated carbocycles. The molecule has 0 radical (unpaired) electrons. The molecule has 6 nitrogen and oxygen atoms in total. The molecule has 1 atom stereocenters. The van der Waals surface area contributed by atoms with E-state index in [1.165, 1.54) is 29.7 Å². The third-order valence-electron chi connectivity index (χ3n) is 6.20. The van der Waals surface area contributed by atoms with Crippen molar-refractivity contribution in [3.8, 4) is 5.69 Å². The number of carboxylic acid groups (broad SMARTS) is 1. The van der Waals surface area contributed by atoms with Crippen LogP contribution in [0.1, 0.15) is 52.5 Å². The summed E-state index contributed by atoms with van der Waals surface area (Å²) in [6.45, 7) is 2.94. The van der Waals surface area contributed by atoms with Crippen LogP contribution in [0.2, 0.25) is 0 Å². The summed E-state index contributed by atoms with van der Waals surface area (Å²) in [4.78, 5) is 13.8. The molecule has 1 saturated heterocycles. The van der Waals surface area contributed by atoms with Gasteiger partial charge < -0.3 is 10.4 Å². The molecule has 154 valence electrons. The number of benzene rings is 2. The largest absolute Gasteiger partial charge is 0.478 e. The first-order valence-corrected chi connectivity index (χ1v) is 10.7. The Morgan fingerprint density at radius 1 is 1.10 bits per heavy atom. The Labute approximate surface area is 176 Å². The molecule has 0 amide bonds. The van der Waals surface area contributed by atoms with Crippen LogP contribution in [0.4, 0.5) is 5.82 Å². The molecule has 1 fully saturated rings. The van der Waals surface area contributed by atoms with Gasteiger partial charge in [-0.25, -0.2) is 9.48 Å². The number of aromatic nitrogens is 2. The second-order valence-electron chi connectivity index (χ2n) is 8.12. The second kappa shape index (κ2) is 7.95. The van der Waals surface area contributed by atoms with Crippen LogP contribution in [0.15, 0.2) is 54.6 Å². The number of carbonyl (C=O) groups is 1. The molecule has 3 heterocycles. The SMILES string of the molecule is O=C(O)c1ccc(-n2nc(C3CCCCN3Cc3ccccc3)c3c2NCC3)cc1. The molecule has 1 aromatic heterocycles. The third kappa shape index (κ3) is 3.48. The molecule has 0 spiro atoms. The van der Waals surface area contributed by atoms with Gasteiger partial charge in [-0.2, -0.15) is 5.10 Å². The quantitative estimate of drug-likeness (QED) is 0.667. The molecule has 6 heteroatoms. The molecule has 2 aromatic carbocycles. The van der Waals surface area contributed by atoms with E-state index in [2.05, 4.69) is 40.5 Å². The second-order valence-corrected chi connectivity index (χ2v) is 8.12. The number of fused-ring (bicyclic) bond motifs is 1. The summed E-state index contributed by atoms with van der Waals surface area (Å²) in [7, 11) is 0. The van der Waals surface area contributed by atoms with Crippen molar-refractivity contribution < 1.29 is 9.90 Å². The van der Waals surface area contributed by atoms with Crippen LogP contribution in [0, 0.1) is 0 Å². The van der Waals surface area contributed by atoms with Crippen molar-refractivity contribution in [2.45, 2.75) is 38.3 Å². The van der Waals surface area contributed by atoms with E-state index in [1.54, 1.807) is 12.1 Å². The van der Waals surface area contributed by atoms with E-state index in [0.29, 0.717) is 6.04 Å². The Balaban J connectivity index is 1.49. The Kier molecular flexibility index (Phi) is 5.01. The van der Waals surface area contributed by atoms with E-state index in [9.17, 15) is 9.90 Å². The molecular weight excluding hydrogens is 376 g/mol. The topological polar surface area (TPSA) is 70.4 Å². The monoisotopic (exact) mass is 402 g/mol. The van der Waals surface area contributed by atoms with Gasteiger partial charge in [0, 0.05) is 18.7 Å². The minimum atomic E-state index is -0.912. The van der Waals surface area contributed by atoms with E-state index in [1.807, 2.05) is 16.8 Å². The van der Waals surface area contributed by atoms with Crippen LogP contribution >= 0.6 is 0 Å². The van der Waals surface area contributed by atoms with Gasteiger partial charge in [0.15, 0.2) is 0 Å². The first kappa shape index (κ1) is 18.9. The van der Waals surface area contributed by atoms with Gasteiger partial charge >= 0.3 is 5.97 Å². The van der Waals surface area contributed by atoms with E-state index in [4.69, 9.17) is 5.10 Å². The van der Waals surface area contributed by atoms with Crippen molar-refractivity contribution in [3.63, 3.8) is 0 Å². The Morgan fingerprint density at radius 3 is 2.67 bits per heavy atom. The fourth-order valence-electron chi connectivity index (χ4n) is 4.71. The maximum absolute atomic E-state index is 11.2. The van der Waals surface area contributed by atoms with Crippen molar-refractivity contribution in [1.29, 1.82) is 0 Å². The first-order valence-electron chi connectivity index (χ1n) is 10.7. The Hall–Kier alpha value is -3.12. The maximum atomic E-state index is 11.2. The fourth-order valence-corrected chi connectivity index (χ4v) is 4.71. The van der Waals surface area contributed by atoms with Crippen LogP contribution in [0.25, 0.3) is 5.69 Å². The number of likely N-dealkylation sites (tertiary alicyclic amines) is 1. The van der Waals surface area contributed by atoms with Gasteiger partial charge in [-0.05, 0) is 55.6 Å². The number of piperidine rings is 1. The van der Waals surface area contributed by atoms with Crippen molar-refractivity contribution >= 4 is 11.8 Å². The van der Waals surface area contributed by atoms with Crippen LogP contribution < -0.4 is 5.32 Å². The summed E-state index contributed by atoms with van der Waals surface area (Å²) < 4.78 is 1.96. The lowest BCUT2D eigenvalue weighted by Crippen LogP contribution is -2.33. The lowest BCUT2D eigenvalue weighted by atomic mass is 9.95. The van der Waals surface area contributed by atoms with Gasteiger partial charge in [-0.15, -0.1) is 0 Å². The van der Waals surface area contributed by atoms with Crippen LogP contribution in [0.3, 0.4) is 0 Å². The summed E-state index contributed by atoms with van der Waals surface area (Å²) in [5.41, 5.74) is 5.00. The maximum Gasteiger partial charge on any atom is 0.335 e. The zero-order valence-corrected chi connectivity index (χ0v) is 16.9. The van der Waals surface area contributed by atoms with Crippen LogP contribution in [0.5, 0.6) is 0 Å². The Bertz CT molecular complexity index is 1040. The highest BCUT2D eigenvalue weighted by molar-refractivity contribution is 5.87. The van der Waals surface area contributed by atoms with Gasteiger partial charge in [-0.3, -0.25) is 4.90 Å². The lowest BCUT2D eigenvalue weighted by molar-refractivity contribution is 0.0697. The smallest absolute Gasteiger partial charge is 0.335 e. The number of hydrogen-bond donors (Lipinski definition) is 2. The standard InChI is InChI=1S/C24H26N4O2/c29-24(30)18-9-11-19(12-10-18)28-23-20(13-14-25-23)22(26-28)21-8-4-5-15-27(21)16-17-6-2-1-3-7-17/h1-3,6-7,9-12,21,25H,4-5,8,13-16H2,(H,29,30). The minimum absolute atomic E-state index is 0.289. The summed E-state index contributed by atoms with van der Waals surface area (Å²) in [6, 6.07) is 17.9. The molecule has 3 aromatic rings. The number of anilines is 1. The number of rotatable bonds is 5. The van der Waals surface area contributed by atoms with Gasteiger partial charge in [0.05, 0.1) is 23.0 Å². The summed E-state index contributed by atoms with van der Waals surface area (Å²) in [6.07, 6.45) is 4.54. The molecule has 0 bridgehead atoms. The summed E-state index contributed by atoms with van der Waals surface area (Å²) >= 11 is 0. The van der Waals surface area contributed by atoms with Crippen molar-refractivity contribution in [3.05, 3.63) is 77.0 Å². The van der Waals surface area contributed by atoms with Gasteiger partial charge in [-0.1, -0.05) is 36.8 Å². The normalized spacial score (nSPS) is 18.7. The first-order chi connectivity index (χ1) is 14.7. The lowest BCUT2D eigenvalue weighted by Gasteiger charge is -2.35. The minimum Gasteiger partial charge on any atom is -0.478 e.